The van der Waals surface area contributed by atoms with Gasteiger partial charge in [-0.05, 0) is 111 Å². The average molecular weight is 863 g/mol. The third-order valence-electron chi connectivity index (χ3n) is 14.5. The molecule has 4 N–H and O–H groups in total. The number of rotatable bonds is 23. The molecule has 3 saturated carbocycles. The highest BCUT2D eigenvalue weighted by atomic mass is 31.2. The third-order valence-corrected chi connectivity index (χ3v) is 15.8. The number of allylic oxidation sites excluding steroid dienone is 1. The summed E-state index contributed by atoms with van der Waals surface area (Å²) in [5, 5.41) is 25.5. The SMILES string of the molecule is CC(C)CCC[C@@H](C)[C@H]1CC[C@H]2[C@@H]3CC=C4C[C@@H](OC(=O)NCCCCCC(=O)N5C[C@H](O)C[C@H]5COP(=O)(O)OCOPOOOCO)CC[C@]4(C)[C@H]3CC[C@]12C. The molecule has 17 heteroatoms. The quantitative estimate of drug-likeness (QED) is 0.0193. The van der Waals surface area contributed by atoms with Crippen LogP contribution in [-0.4, -0.2) is 83.5 Å². The average Bonchev–Trinajstić information content (AvgIpc) is 3.74. The van der Waals surface area contributed by atoms with Crippen LogP contribution in [0.25, 0.3) is 0 Å². The van der Waals surface area contributed by atoms with Crippen molar-refractivity contribution >= 4 is 28.9 Å². The van der Waals surface area contributed by atoms with Crippen molar-refractivity contribution in [2.75, 3.05) is 33.3 Å². The molecule has 4 aliphatic carbocycles. The molecule has 2 unspecified atom stereocenters. The summed E-state index contributed by atoms with van der Waals surface area (Å²) in [6, 6.07) is -0.599. The number of fused-ring (bicyclic) bond motifs is 5. The summed E-state index contributed by atoms with van der Waals surface area (Å²) in [4.78, 5) is 41.3. The number of carbonyl (C=O) groups excluding carboxylic acids is 2. The van der Waals surface area contributed by atoms with Crippen LogP contribution in [0.5, 0.6) is 0 Å². The van der Waals surface area contributed by atoms with Crippen molar-refractivity contribution in [3.05, 3.63) is 11.6 Å². The van der Waals surface area contributed by atoms with E-state index < -0.39 is 42.6 Å². The van der Waals surface area contributed by atoms with Gasteiger partial charge in [-0.25, -0.2) is 9.36 Å². The summed E-state index contributed by atoms with van der Waals surface area (Å²) < 4.78 is 37.1. The molecule has 0 radical (unpaired) electrons. The van der Waals surface area contributed by atoms with Crippen LogP contribution in [0.4, 0.5) is 4.79 Å². The second-order valence-corrected chi connectivity index (χ2v) is 20.6. The zero-order valence-corrected chi connectivity index (χ0v) is 37.3. The van der Waals surface area contributed by atoms with Crippen LogP contribution in [-0.2, 0) is 42.3 Å². The molecule has 0 spiro atoms. The Morgan fingerprint density at radius 3 is 2.62 bits per heavy atom. The number of hydrogen-bond acceptors (Lipinski definition) is 12. The molecule has 0 aromatic heterocycles. The number of nitrogens with one attached hydrogen (secondary N) is 1. The highest BCUT2D eigenvalue weighted by Gasteiger charge is 2.59. The zero-order chi connectivity index (χ0) is 41.9. The van der Waals surface area contributed by atoms with Gasteiger partial charge in [0, 0.05) is 25.9 Å². The molecular formula is C41H72N2O13P2. The van der Waals surface area contributed by atoms with E-state index in [0.29, 0.717) is 31.2 Å². The van der Waals surface area contributed by atoms with E-state index in [0.717, 1.165) is 54.8 Å². The lowest BCUT2D eigenvalue weighted by atomic mass is 9.47. The molecule has 0 bridgehead atoms. The number of hydrogen-bond donors (Lipinski definition) is 4. The van der Waals surface area contributed by atoms with Gasteiger partial charge in [0.2, 0.25) is 5.91 Å². The Labute approximate surface area is 347 Å². The molecule has 0 aromatic rings. The minimum Gasteiger partial charge on any atom is -0.446 e. The van der Waals surface area contributed by atoms with Crippen molar-refractivity contribution in [3.8, 4) is 0 Å². The van der Waals surface area contributed by atoms with E-state index in [9.17, 15) is 24.2 Å². The molecule has 5 rings (SSSR count). The minimum atomic E-state index is -4.52. The second-order valence-electron chi connectivity index (χ2n) is 18.5. The summed E-state index contributed by atoms with van der Waals surface area (Å²) in [5.41, 5.74) is 2.19. The molecule has 2 amide bonds. The summed E-state index contributed by atoms with van der Waals surface area (Å²) >= 11 is 0. The Morgan fingerprint density at radius 2 is 1.84 bits per heavy atom. The van der Waals surface area contributed by atoms with Crippen LogP contribution in [0.1, 0.15) is 137 Å². The predicted octanol–water partition coefficient (Wildman–Crippen LogP) is 8.09. The number of carbonyl (C=O) groups is 2. The lowest BCUT2D eigenvalue weighted by Crippen LogP contribution is -2.51. The first-order valence-electron chi connectivity index (χ1n) is 21.8. The van der Waals surface area contributed by atoms with Crippen molar-refractivity contribution in [1.29, 1.82) is 0 Å². The topological polar surface area (TPSA) is 192 Å². The molecule has 15 nitrogen and oxygen atoms in total. The van der Waals surface area contributed by atoms with E-state index in [1.807, 2.05) is 0 Å². The summed E-state index contributed by atoms with van der Waals surface area (Å²) in [6.07, 6.45) is 17.2. The summed E-state index contributed by atoms with van der Waals surface area (Å²) in [5.74, 6) is 4.59. The number of alkyl carbamates (subject to hydrolysis) is 1. The lowest BCUT2D eigenvalue weighted by molar-refractivity contribution is -0.482. The number of ether oxygens (including phenoxy) is 1. The van der Waals surface area contributed by atoms with Crippen LogP contribution < -0.4 is 5.32 Å². The fourth-order valence-corrected chi connectivity index (χ4v) is 12.6. The van der Waals surface area contributed by atoms with Crippen LogP contribution in [0.3, 0.4) is 0 Å². The van der Waals surface area contributed by atoms with Gasteiger partial charge in [0.25, 0.3) is 0 Å². The smallest absolute Gasteiger partial charge is 0.446 e. The van der Waals surface area contributed by atoms with E-state index in [1.54, 1.807) is 0 Å². The van der Waals surface area contributed by atoms with E-state index in [2.05, 4.69) is 60.6 Å². The van der Waals surface area contributed by atoms with Gasteiger partial charge in [-0.15, -0.1) is 0 Å². The standard InChI is InChI=1S/C41H72N2O13P2/c1-28(2)10-9-11-29(3)35-15-16-36-34-14-13-30-22-33(17-19-40(30,4)37(34)18-20-41(35,36)5)54-39(47)42-21-8-6-7-12-38(46)43-24-32(45)23-31(43)25-52-58(48,49)53-27-51-57-56-55-50-26-44/h13,28-29,31-37,44-45,57H,6-12,14-27H2,1-5H3,(H,42,47)(H,48,49)/t29-,31+,32-,33+,34+,35-,36+,37+,40+,41-/m1/s1. The van der Waals surface area contributed by atoms with Gasteiger partial charge in [-0.2, -0.15) is 9.56 Å². The van der Waals surface area contributed by atoms with E-state index in [1.165, 1.54) is 61.8 Å². The number of amides is 2. The maximum Gasteiger partial charge on any atom is 0.474 e. The number of phosphoric acid groups is 1. The monoisotopic (exact) mass is 862 g/mol. The molecule has 0 aromatic carbocycles. The minimum absolute atomic E-state index is 0.102. The third kappa shape index (κ3) is 12.7. The first-order chi connectivity index (χ1) is 27.7. The van der Waals surface area contributed by atoms with Crippen LogP contribution in [0.2, 0.25) is 0 Å². The van der Waals surface area contributed by atoms with Gasteiger partial charge in [0.15, 0.2) is 22.6 Å². The molecule has 1 heterocycles. The molecule has 12 atom stereocenters. The normalized spacial score (nSPS) is 33.7. The van der Waals surface area contributed by atoms with Crippen LogP contribution >= 0.6 is 16.9 Å². The Morgan fingerprint density at radius 1 is 1.03 bits per heavy atom. The van der Waals surface area contributed by atoms with Crippen molar-refractivity contribution in [2.24, 2.45) is 46.3 Å². The van der Waals surface area contributed by atoms with Gasteiger partial charge in [0.05, 0.1) is 18.8 Å². The maximum atomic E-state index is 13.0. The highest BCUT2D eigenvalue weighted by molar-refractivity contribution is 7.47. The molecule has 4 fully saturated rings. The maximum absolute atomic E-state index is 13.0. The second kappa shape index (κ2) is 22.2. The molecule has 5 aliphatic rings. The largest absolute Gasteiger partial charge is 0.474 e. The Kier molecular flexibility index (Phi) is 18.3. The summed E-state index contributed by atoms with van der Waals surface area (Å²) in [6.45, 7) is 11.2. The van der Waals surface area contributed by atoms with Gasteiger partial charge in [0.1, 0.15) is 6.10 Å². The number of phosphoric ester groups is 1. The Balaban J connectivity index is 0.969. The number of aliphatic hydroxyl groups is 2. The van der Waals surface area contributed by atoms with Gasteiger partial charge in [-0.3, -0.25) is 13.8 Å². The van der Waals surface area contributed by atoms with Crippen LogP contribution in [0.15, 0.2) is 11.6 Å². The first-order valence-corrected chi connectivity index (χ1v) is 24.1. The fraction of sp³-hybridized carbons (Fsp3) is 0.902. The number of likely N-dealkylation sites (tertiary alicyclic amines) is 1. The first kappa shape index (κ1) is 47.8. The zero-order valence-electron chi connectivity index (χ0n) is 35.4. The molecule has 1 aliphatic heterocycles. The van der Waals surface area contributed by atoms with Crippen molar-refractivity contribution in [2.45, 2.75) is 156 Å². The molecule has 1 saturated heterocycles. The number of aliphatic hydroxyl groups excluding tert-OH is 2. The molecule has 58 heavy (non-hydrogen) atoms. The Bertz CT molecular complexity index is 1410. The van der Waals surface area contributed by atoms with Gasteiger partial charge >= 0.3 is 13.9 Å². The lowest BCUT2D eigenvalue weighted by Gasteiger charge is -2.58. The van der Waals surface area contributed by atoms with Gasteiger partial charge in [-0.1, -0.05) is 77.0 Å². The van der Waals surface area contributed by atoms with Gasteiger partial charge < -0.3 is 34.6 Å². The van der Waals surface area contributed by atoms with Crippen molar-refractivity contribution in [1.82, 2.24) is 10.2 Å². The van der Waals surface area contributed by atoms with Crippen LogP contribution in [0, 0.1) is 46.3 Å². The fourth-order valence-electron chi connectivity index (χ4n) is 11.6. The highest BCUT2D eigenvalue weighted by Crippen LogP contribution is 2.67. The number of β-amino-alcohol motifs (C(OH)–C–C–N with tert-alkyl or cyclic N) is 1. The van der Waals surface area contributed by atoms with E-state index in [-0.39, 0.29) is 49.5 Å². The Hall–Kier alpha value is -1.22. The number of nitrogens with zero attached hydrogens (tertiary/aromatic N) is 1. The van der Waals surface area contributed by atoms with Crippen molar-refractivity contribution < 1.29 is 62.2 Å². The van der Waals surface area contributed by atoms with Crippen molar-refractivity contribution in [3.63, 3.8) is 0 Å². The van der Waals surface area contributed by atoms with E-state index >= 15 is 0 Å². The van der Waals surface area contributed by atoms with E-state index in [4.69, 9.17) is 23.4 Å². The molecule has 334 valence electrons. The summed E-state index contributed by atoms with van der Waals surface area (Å²) in [7, 11) is -5.29. The molecular weight excluding hydrogens is 790 g/mol. The predicted molar refractivity (Wildman–Crippen MR) is 217 cm³/mol. The number of unbranched alkanes of at least 4 members (excludes halogenated alkanes) is 2.